The zero-order chi connectivity index (χ0) is 16.8. The first-order chi connectivity index (χ1) is 10.3. The summed E-state index contributed by atoms with van der Waals surface area (Å²) < 4.78 is 50.0. The van der Waals surface area contributed by atoms with Crippen LogP contribution in [-0.4, -0.2) is 13.0 Å². The zero-order valence-electron chi connectivity index (χ0n) is 13.2. The smallest absolute Gasteiger partial charge is 0.307 e. The molecule has 0 heterocycles. The lowest BCUT2D eigenvalue weighted by atomic mass is 9.69. The van der Waals surface area contributed by atoms with Crippen molar-refractivity contribution in [2.75, 3.05) is 0 Å². The molecular weight excluding hydrogens is 296 g/mol. The number of halogens is 4. The summed E-state index contributed by atoms with van der Waals surface area (Å²) in [6, 6.07) is 0. The highest BCUT2D eigenvalue weighted by Crippen LogP contribution is 2.43. The maximum atomic E-state index is 13.5. The Morgan fingerprint density at radius 3 is 1.73 bits per heavy atom. The molecule has 0 aromatic carbocycles. The predicted molar refractivity (Wildman–Crippen MR) is 78.9 cm³/mol. The van der Waals surface area contributed by atoms with Crippen molar-refractivity contribution in [3.05, 3.63) is 11.9 Å². The van der Waals surface area contributed by atoms with E-state index >= 15 is 0 Å². The van der Waals surface area contributed by atoms with Gasteiger partial charge in [-0.2, -0.15) is 13.2 Å². The van der Waals surface area contributed by atoms with Gasteiger partial charge in [0.1, 0.15) is 12.6 Å². The third-order valence-electron chi connectivity index (χ3n) is 5.19. The largest absolute Gasteiger partial charge is 0.412 e. The van der Waals surface area contributed by atoms with Crippen LogP contribution in [0.25, 0.3) is 0 Å². The summed E-state index contributed by atoms with van der Waals surface area (Å²) in [7, 11) is 0. The lowest BCUT2D eigenvalue weighted by Gasteiger charge is -2.37. The van der Waals surface area contributed by atoms with Gasteiger partial charge in [0, 0.05) is 5.92 Å². The first-order valence-corrected chi connectivity index (χ1v) is 8.09. The molecule has 2 saturated carbocycles. The topological polar surface area (TPSA) is 17.1 Å². The molecule has 0 aromatic heterocycles. The average Bonchev–Trinajstić information content (AvgIpc) is 2.48. The van der Waals surface area contributed by atoms with Crippen molar-refractivity contribution in [2.45, 2.75) is 64.5 Å². The van der Waals surface area contributed by atoms with Gasteiger partial charge in [0.25, 0.3) is 0 Å². The Balaban J connectivity index is 0.00000116. The van der Waals surface area contributed by atoms with E-state index in [1.54, 1.807) is 0 Å². The van der Waals surface area contributed by atoms with Crippen molar-refractivity contribution >= 4 is 6.79 Å². The molecule has 1 nitrogen and oxygen atoms in total. The molecular formula is C17H26F4O. The van der Waals surface area contributed by atoms with E-state index in [2.05, 4.69) is 6.92 Å². The second kappa shape index (κ2) is 8.68. The minimum Gasteiger partial charge on any atom is -0.307 e. The van der Waals surface area contributed by atoms with Gasteiger partial charge in [-0.1, -0.05) is 19.8 Å². The van der Waals surface area contributed by atoms with Gasteiger partial charge in [-0.15, -0.1) is 0 Å². The van der Waals surface area contributed by atoms with Crippen LogP contribution in [0, 0.1) is 23.7 Å². The third kappa shape index (κ3) is 6.09. The SMILES string of the molecule is C=O.CC1CCC(C2CCC(/C(F)=C\C(F)(F)F)CC2)CC1. The van der Waals surface area contributed by atoms with Gasteiger partial charge in [-0.25, -0.2) is 4.39 Å². The maximum absolute atomic E-state index is 13.5. The highest BCUT2D eigenvalue weighted by molar-refractivity contribution is 5.11. The molecule has 2 aliphatic carbocycles. The Morgan fingerprint density at radius 1 is 0.909 bits per heavy atom. The Bertz CT molecular complexity index is 348. The summed E-state index contributed by atoms with van der Waals surface area (Å²) in [4.78, 5) is 8.00. The van der Waals surface area contributed by atoms with Crippen LogP contribution in [0.4, 0.5) is 17.6 Å². The molecule has 0 bridgehead atoms. The summed E-state index contributed by atoms with van der Waals surface area (Å²) in [5, 5.41) is 0. The van der Waals surface area contributed by atoms with Crippen molar-refractivity contribution < 1.29 is 22.4 Å². The summed E-state index contributed by atoms with van der Waals surface area (Å²) in [6.45, 7) is 4.28. The Labute approximate surface area is 130 Å². The molecule has 2 rings (SSSR count). The monoisotopic (exact) mass is 322 g/mol. The summed E-state index contributed by atoms with van der Waals surface area (Å²) >= 11 is 0. The molecule has 22 heavy (non-hydrogen) atoms. The molecule has 0 radical (unpaired) electrons. The van der Waals surface area contributed by atoms with E-state index in [1.165, 1.54) is 25.7 Å². The molecule has 0 saturated heterocycles. The van der Waals surface area contributed by atoms with Gasteiger partial charge in [0.05, 0.1) is 6.08 Å². The minimum absolute atomic E-state index is 0.152. The van der Waals surface area contributed by atoms with Crippen LogP contribution >= 0.6 is 0 Å². The van der Waals surface area contributed by atoms with E-state index in [9.17, 15) is 17.6 Å². The highest BCUT2D eigenvalue weighted by Gasteiger charge is 2.33. The van der Waals surface area contributed by atoms with Crippen LogP contribution in [0.2, 0.25) is 0 Å². The number of carbonyl (C=O) groups excluding carboxylic acids is 1. The van der Waals surface area contributed by atoms with Crippen LogP contribution in [0.3, 0.4) is 0 Å². The highest BCUT2D eigenvalue weighted by atomic mass is 19.4. The Kier molecular flexibility index (Phi) is 7.57. The van der Waals surface area contributed by atoms with Gasteiger partial charge >= 0.3 is 6.18 Å². The number of hydrogen-bond acceptors (Lipinski definition) is 1. The number of allylic oxidation sites excluding steroid dienone is 2. The lowest BCUT2D eigenvalue weighted by molar-refractivity contribution is -0.0980. The van der Waals surface area contributed by atoms with Crippen LogP contribution in [-0.2, 0) is 4.79 Å². The Hall–Kier alpha value is -0.870. The van der Waals surface area contributed by atoms with E-state index in [4.69, 9.17) is 4.79 Å². The second-order valence-electron chi connectivity index (χ2n) is 6.70. The first kappa shape index (κ1) is 19.2. The lowest BCUT2D eigenvalue weighted by Crippen LogP contribution is -2.25. The van der Waals surface area contributed by atoms with E-state index in [0.29, 0.717) is 18.8 Å². The van der Waals surface area contributed by atoms with Crippen LogP contribution in [0.15, 0.2) is 11.9 Å². The molecule has 5 heteroatoms. The molecule has 0 spiro atoms. The van der Waals surface area contributed by atoms with Crippen molar-refractivity contribution in [1.29, 1.82) is 0 Å². The summed E-state index contributed by atoms with van der Waals surface area (Å²) in [6.07, 6.45) is 3.30. The van der Waals surface area contributed by atoms with Crippen molar-refractivity contribution in [3.63, 3.8) is 0 Å². The van der Waals surface area contributed by atoms with Crippen molar-refractivity contribution in [3.8, 4) is 0 Å². The number of alkyl halides is 3. The van der Waals surface area contributed by atoms with Gasteiger partial charge in [0.15, 0.2) is 0 Å². The molecule has 0 amide bonds. The summed E-state index contributed by atoms with van der Waals surface area (Å²) in [5.41, 5.74) is 0. The van der Waals surface area contributed by atoms with Gasteiger partial charge in [0.2, 0.25) is 0 Å². The van der Waals surface area contributed by atoms with E-state index < -0.39 is 17.9 Å². The third-order valence-corrected chi connectivity index (χ3v) is 5.19. The molecule has 0 aliphatic heterocycles. The van der Waals surface area contributed by atoms with E-state index in [1.807, 2.05) is 6.79 Å². The molecule has 0 N–H and O–H groups in total. The molecule has 2 fully saturated rings. The van der Waals surface area contributed by atoms with Gasteiger partial charge in [-0.05, 0) is 56.3 Å². The fourth-order valence-electron chi connectivity index (χ4n) is 3.90. The minimum atomic E-state index is -4.53. The maximum Gasteiger partial charge on any atom is 0.412 e. The molecule has 0 unspecified atom stereocenters. The standard InChI is InChI=1S/C16H24F4.CH2O/c1-11-2-4-12(5-3-11)13-6-8-14(9-7-13)15(17)10-16(18,19)20;1-2/h10-14H,2-9H2,1H3;1H2/b15-10+;. The van der Waals surface area contributed by atoms with Crippen LogP contribution in [0.1, 0.15) is 58.3 Å². The number of hydrogen-bond donors (Lipinski definition) is 0. The fourth-order valence-corrected chi connectivity index (χ4v) is 3.90. The van der Waals surface area contributed by atoms with Gasteiger partial charge < -0.3 is 4.79 Å². The van der Waals surface area contributed by atoms with Crippen LogP contribution < -0.4 is 0 Å². The average molecular weight is 322 g/mol. The number of carbonyl (C=O) groups is 1. The van der Waals surface area contributed by atoms with Gasteiger partial charge in [-0.3, -0.25) is 0 Å². The quantitative estimate of drug-likeness (QED) is 0.583. The van der Waals surface area contributed by atoms with E-state index in [-0.39, 0.29) is 6.08 Å². The zero-order valence-corrected chi connectivity index (χ0v) is 13.2. The molecule has 0 aromatic rings. The molecule has 0 atom stereocenters. The Morgan fingerprint density at radius 2 is 1.32 bits per heavy atom. The van der Waals surface area contributed by atoms with Crippen molar-refractivity contribution in [2.24, 2.45) is 23.7 Å². The van der Waals surface area contributed by atoms with Crippen LogP contribution in [0.5, 0.6) is 0 Å². The molecule has 128 valence electrons. The fraction of sp³-hybridized carbons (Fsp3) is 0.824. The second-order valence-corrected chi connectivity index (χ2v) is 6.70. The number of rotatable bonds is 2. The van der Waals surface area contributed by atoms with E-state index in [0.717, 1.165) is 24.7 Å². The summed E-state index contributed by atoms with van der Waals surface area (Å²) in [5.74, 6) is 0.678. The molecule has 2 aliphatic rings. The first-order valence-electron chi connectivity index (χ1n) is 8.09. The predicted octanol–water partition coefficient (Wildman–Crippen LogP) is 5.85. The van der Waals surface area contributed by atoms with Crippen molar-refractivity contribution in [1.82, 2.24) is 0 Å². The normalized spacial score (nSPS) is 33.8.